The van der Waals surface area contributed by atoms with Gasteiger partial charge in [-0.1, -0.05) is 36.4 Å². The van der Waals surface area contributed by atoms with Gasteiger partial charge in [0.25, 0.3) is 11.8 Å². The van der Waals surface area contributed by atoms with E-state index in [1.807, 2.05) is 24.3 Å². The molecule has 0 fully saturated rings. The standard InChI is InChI=1S/C21H21F3N2O4/c22-21(23,24)16-7-5-13(6-8-16)11-25-19(29)17(27)18(28)20(30)26-10-9-14-3-1-2-4-15(14)12-26/h1-8,17-18,27-28H,9-12H2,(H,25,29)/t17-,18-/m1/s1. The first-order chi connectivity index (χ1) is 14.2. The molecule has 160 valence electrons. The highest BCUT2D eigenvalue weighted by atomic mass is 19.4. The molecular weight excluding hydrogens is 401 g/mol. The van der Waals surface area contributed by atoms with Crippen molar-refractivity contribution in [3.63, 3.8) is 0 Å². The Morgan fingerprint density at radius 2 is 1.63 bits per heavy atom. The first kappa shape index (κ1) is 21.8. The van der Waals surface area contributed by atoms with Gasteiger partial charge in [-0.25, -0.2) is 0 Å². The highest BCUT2D eigenvalue weighted by Gasteiger charge is 2.34. The molecule has 1 aliphatic heterocycles. The summed E-state index contributed by atoms with van der Waals surface area (Å²) in [4.78, 5) is 26.0. The van der Waals surface area contributed by atoms with Crippen LogP contribution in [0.15, 0.2) is 48.5 Å². The quantitative estimate of drug-likeness (QED) is 0.683. The summed E-state index contributed by atoms with van der Waals surface area (Å²) in [6.45, 7) is 0.463. The van der Waals surface area contributed by atoms with E-state index in [2.05, 4.69) is 5.32 Å². The molecule has 2 atom stereocenters. The summed E-state index contributed by atoms with van der Waals surface area (Å²) in [6.07, 6.45) is -7.80. The number of fused-ring (bicyclic) bond motifs is 1. The van der Waals surface area contributed by atoms with E-state index in [0.29, 0.717) is 18.5 Å². The van der Waals surface area contributed by atoms with Crippen LogP contribution in [0.25, 0.3) is 0 Å². The summed E-state index contributed by atoms with van der Waals surface area (Å²) in [6, 6.07) is 11.7. The van der Waals surface area contributed by atoms with Gasteiger partial charge in [0.2, 0.25) is 0 Å². The summed E-state index contributed by atoms with van der Waals surface area (Å²) in [7, 11) is 0. The minimum absolute atomic E-state index is 0.161. The summed E-state index contributed by atoms with van der Waals surface area (Å²) in [5.41, 5.74) is 1.59. The van der Waals surface area contributed by atoms with Crippen molar-refractivity contribution < 1.29 is 33.0 Å². The van der Waals surface area contributed by atoms with E-state index in [1.165, 1.54) is 17.0 Å². The van der Waals surface area contributed by atoms with E-state index >= 15 is 0 Å². The fraction of sp³-hybridized carbons (Fsp3) is 0.333. The van der Waals surface area contributed by atoms with E-state index in [0.717, 1.165) is 23.3 Å². The lowest BCUT2D eigenvalue weighted by Crippen LogP contribution is -2.51. The second-order valence-electron chi connectivity index (χ2n) is 7.08. The van der Waals surface area contributed by atoms with Gasteiger partial charge in [-0.05, 0) is 35.2 Å². The Kier molecular flexibility index (Phi) is 6.42. The molecule has 0 saturated heterocycles. The lowest BCUT2D eigenvalue weighted by molar-refractivity contribution is -0.153. The van der Waals surface area contributed by atoms with Crippen molar-refractivity contribution in [3.05, 3.63) is 70.8 Å². The molecule has 6 nitrogen and oxygen atoms in total. The zero-order chi connectivity index (χ0) is 21.9. The van der Waals surface area contributed by atoms with Gasteiger partial charge in [-0.15, -0.1) is 0 Å². The van der Waals surface area contributed by atoms with Gasteiger partial charge in [-0.3, -0.25) is 9.59 Å². The largest absolute Gasteiger partial charge is 0.416 e. The van der Waals surface area contributed by atoms with Gasteiger partial charge in [0.15, 0.2) is 12.2 Å². The molecule has 2 aromatic rings. The molecule has 2 aromatic carbocycles. The Morgan fingerprint density at radius 1 is 1.00 bits per heavy atom. The monoisotopic (exact) mass is 422 g/mol. The number of alkyl halides is 3. The molecule has 3 rings (SSSR count). The van der Waals surface area contributed by atoms with Gasteiger partial charge in [0.05, 0.1) is 5.56 Å². The molecule has 0 bridgehead atoms. The number of halogens is 3. The molecule has 0 unspecified atom stereocenters. The number of hydrogen-bond acceptors (Lipinski definition) is 4. The highest BCUT2D eigenvalue weighted by Crippen LogP contribution is 2.29. The van der Waals surface area contributed by atoms with Crippen molar-refractivity contribution in [1.82, 2.24) is 10.2 Å². The minimum atomic E-state index is -4.46. The van der Waals surface area contributed by atoms with Crippen LogP contribution >= 0.6 is 0 Å². The number of aliphatic hydroxyl groups is 2. The van der Waals surface area contributed by atoms with Gasteiger partial charge in [0, 0.05) is 19.6 Å². The number of hydrogen-bond donors (Lipinski definition) is 3. The van der Waals surface area contributed by atoms with Crippen molar-refractivity contribution in [2.45, 2.75) is 37.9 Å². The zero-order valence-corrected chi connectivity index (χ0v) is 15.9. The molecule has 30 heavy (non-hydrogen) atoms. The molecule has 0 aromatic heterocycles. The second-order valence-corrected chi connectivity index (χ2v) is 7.08. The summed E-state index contributed by atoms with van der Waals surface area (Å²) >= 11 is 0. The third-order valence-electron chi connectivity index (χ3n) is 5.01. The number of rotatable bonds is 5. The van der Waals surface area contributed by atoms with Crippen molar-refractivity contribution in [1.29, 1.82) is 0 Å². The molecule has 1 heterocycles. The van der Waals surface area contributed by atoms with Crippen LogP contribution in [0.1, 0.15) is 22.3 Å². The highest BCUT2D eigenvalue weighted by molar-refractivity contribution is 5.90. The number of nitrogens with zero attached hydrogens (tertiary/aromatic N) is 1. The molecule has 9 heteroatoms. The lowest BCUT2D eigenvalue weighted by atomic mass is 9.99. The molecule has 2 amide bonds. The number of aliphatic hydroxyl groups excluding tert-OH is 2. The molecular formula is C21H21F3N2O4. The van der Waals surface area contributed by atoms with Crippen molar-refractivity contribution in [2.75, 3.05) is 6.54 Å². The first-order valence-corrected chi connectivity index (χ1v) is 9.32. The number of carbonyl (C=O) groups excluding carboxylic acids is 2. The molecule has 1 aliphatic rings. The third-order valence-corrected chi connectivity index (χ3v) is 5.01. The fourth-order valence-electron chi connectivity index (χ4n) is 3.25. The lowest BCUT2D eigenvalue weighted by Gasteiger charge is -2.31. The van der Waals surface area contributed by atoms with Crippen molar-refractivity contribution in [2.24, 2.45) is 0 Å². The molecule has 3 N–H and O–H groups in total. The summed E-state index contributed by atoms with van der Waals surface area (Å²) < 4.78 is 37.7. The zero-order valence-electron chi connectivity index (χ0n) is 15.9. The molecule has 0 spiro atoms. The van der Waals surface area contributed by atoms with Crippen LogP contribution < -0.4 is 5.32 Å². The van der Waals surface area contributed by atoms with E-state index in [9.17, 15) is 33.0 Å². The van der Waals surface area contributed by atoms with Gasteiger partial charge in [0.1, 0.15) is 0 Å². The first-order valence-electron chi connectivity index (χ1n) is 9.32. The predicted octanol–water partition coefficient (Wildman–Crippen LogP) is 1.63. The normalized spacial score (nSPS) is 15.8. The molecule has 0 aliphatic carbocycles. The van der Waals surface area contributed by atoms with Gasteiger partial charge in [-0.2, -0.15) is 13.2 Å². The summed E-state index contributed by atoms with van der Waals surface area (Å²) in [5.74, 6) is -1.75. The maximum absolute atomic E-state index is 12.6. The van der Waals surface area contributed by atoms with Crippen LogP contribution in [0.2, 0.25) is 0 Å². The van der Waals surface area contributed by atoms with Crippen LogP contribution in [0.3, 0.4) is 0 Å². The van der Waals surface area contributed by atoms with E-state index in [1.54, 1.807) is 0 Å². The van der Waals surface area contributed by atoms with Crippen LogP contribution in [0.5, 0.6) is 0 Å². The van der Waals surface area contributed by atoms with Crippen molar-refractivity contribution >= 4 is 11.8 Å². The van der Waals surface area contributed by atoms with Gasteiger partial charge >= 0.3 is 6.18 Å². The Morgan fingerprint density at radius 3 is 2.27 bits per heavy atom. The average Bonchev–Trinajstić information content (AvgIpc) is 2.75. The third kappa shape index (κ3) is 4.98. The Balaban J connectivity index is 1.54. The number of carbonyl (C=O) groups is 2. The second kappa shape index (κ2) is 8.85. The number of benzene rings is 2. The van der Waals surface area contributed by atoms with Crippen LogP contribution in [-0.4, -0.2) is 45.7 Å². The smallest absolute Gasteiger partial charge is 0.380 e. The number of nitrogens with one attached hydrogen (secondary N) is 1. The van der Waals surface area contributed by atoms with E-state index in [4.69, 9.17) is 0 Å². The molecule has 0 saturated carbocycles. The number of amides is 2. The Labute approximate surface area is 170 Å². The molecule has 0 radical (unpaired) electrons. The van der Waals surface area contributed by atoms with Crippen LogP contribution in [0.4, 0.5) is 13.2 Å². The van der Waals surface area contributed by atoms with Gasteiger partial charge < -0.3 is 20.4 Å². The van der Waals surface area contributed by atoms with E-state index < -0.39 is 35.8 Å². The topological polar surface area (TPSA) is 89.9 Å². The van der Waals surface area contributed by atoms with Crippen LogP contribution in [0, 0.1) is 0 Å². The minimum Gasteiger partial charge on any atom is -0.380 e. The fourth-order valence-corrected chi connectivity index (χ4v) is 3.25. The average molecular weight is 422 g/mol. The maximum Gasteiger partial charge on any atom is 0.416 e. The summed E-state index contributed by atoms with van der Waals surface area (Å²) in [5, 5.41) is 22.5. The Bertz CT molecular complexity index is 915. The predicted molar refractivity (Wildman–Crippen MR) is 101 cm³/mol. The van der Waals surface area contributed by atoms with Crippen LogP contribution in [-0.2, 0) is 35.3 Å². The Hall–Kier alpha value is -2.91. The SMILES string of the molecule is O=C(NCc1ccc(C(F)(F)F)cc1)[C@H](O)[C@@H](O)C(=O)N1CCc2ccccc2C1. The van der Waals surface area contributed by atoms with E-state index in [-0.39, 0.29) is 13.1 Å². The van der Waals surface area contributed by atoms with Crippen molar-refractivity contribution in [3.8, 4) is 0 Å². The maximum atomic E-state index is 12.6.